The van der Waals surface area contributed by atoms with Crippen LogP contribution >= 0.6 is 0 Å². The van der Waals surface area contributed by atoms with E-state index >= 15 is 0 Å². The molecule has 1 aliphatic heterocycles. The second kappa shape index (κ2) is 8.80. The van der Waals surface area contributed by atoms with Gasteiger partial charge in [0.15, 0.2) is 0 Å². The first-order valence-corrected chi connectivity index (χ1v) is 11.8. The Hall–Kier alpha value is -1.64. The number of nitrogens with one attached hydrogen (secondary N) is 1. The van der Waals surface area contributed by atoms with Crippen LogP contribution < -0.4 is 10.2 Å². The van der Waals surface area contributed by atoms with Crippen LogP contribution in [0.5, 0.6) is 0 Å². The number of hydrogen-bond acceptors (Lipinski definition) is 5. The average Bonchev–Trinajstić information content (AvgIpc) is 3.04. The predicted molar refractivity (Wildman–Crippen MR) is 111 cm³/mol. The zero-order valence-electron chi connectivity index (χ0n) is 17.0. The van der Waals surface area contributed by atoms with Gasteiger partial charge in [0.05, 0.1) is 12.4 Å². The molecule has 1 heterocycles. The van der Waals surface area contributed by atoms with Gasteiger partial charge in [-0.15, -0.1) is 0 Å². The summed E-state index contributed by atoms with van der Waals surface area (Å²) in [5.41, 5.74) is 2.51. The van der Waals surface area contributed by atoms with Crippen molar-refractivity contribution in [2.45, 2.75) is 44.8 Å². The van der Waals surface area contributed by atoms with Crippen LogP contribution in [0.4, 0.5) is 11.4 Å². The Bertz CT molecular complexity index is 800. The second-order valence-corrected chi connectivity index (χ2v) is 10.0. The molecule has 8 heteroatoms. The van der Waals surface area contributed by atoms with Crippen molar-refractivity contribution in [1.29, 1.82) is 0 Å². The van der Waals surface area contributed by atoms with Gasteiger partial charge in [0.25, 0.3) is 0 Å². The standard InChI is InChI=1S/C20H31N3O4S/c1-22(2)19-10-9-17(21-20(24)15-6-4-7-15)12-16(19)13-23(28(3,25)26)14-18-8-5-11-27-18/h9-10,12,15,18H,4-8,11,13-14H2,1-3H3,(H,21,24). The van der Waals surface area contributed by atoms with E-state index in [0.29, 0.717) is 18.8 Å². The van der Waals surface area contributed by atoms with Gasteiger partial charge in [0.1, 0.15) is 0 Å². The molecule has 1 N–H and O–H groups in total. The molecular weight excluding hydrogens is 378 g/mol. The minimum atomic E-state index is -3.39. The molecule has 1 saturated heterocycles. The van der Waals surface area contributed by atoms with Crippen molar-refractivity contribution >= 4 is 27.3 Å². The Morgan fingerprint density at radius 1 is 1.21 bits per heavy atom. The van der Waals surface area contributed by atoms with Crippen LogP contribution in [-0.2, 0) is 26.1 Å². The van der Waals surface area contributed by atoms with Gasteiger partial charge < -0.3 is 15.0 Å². The van der Waals surface area contributed by atoms with Gasteiger partial charge in [-0.2, -0.15) is 4.31 Å². The van der Waals surface area contributed by atoms with Crippen molar-refractivity contribution in [2.75, 3.05) is 43.7 Å². The topological polar surface area (TPSA) is 79.0 Å². The maximum Gasteiger partial charge on any atom is 0.227 e. The highest BCUT2D eigenvalue weighted by atomic mass is 32.2. The summed E-state index contributed by atoms with van der Waals surface area (Å²) in [5, 5.41) is 2.99. The maximum absolute atomic E-state index is 12.4. The molecule has 1 aromatic rings. The Morgan fingerprint density at radius 3 is 2.50 bits per heavy atom. The maximum atomic E-state index is 12.4. The second-order valence-electron chi connectivity index (χ2n) is 8.05. The first-order valence-electron chi connectivity index (χ1n) is 9.92. The van der Waals surface area contributed by atoms with E-state index < -0.39 is 10.0 Å². The van der Waals surface area contributed by atoms with Gasteiger partial charge in [-0.25, -0.2) is 8.42 Å². The number of rotatable bonds is 8. The van der Waals surface area contributed by atoms with Crippen LogP contribution in [0.2, 0.25) is 0 Å². The Labute approximate surface area is 168 Å². The van der Waals surface area contributed by atoms with Crippen molar-refractivity contribution < 1.29 is 17.9 Å². The van der Waals surface area contributed by atoms with E-state index in [1.165, 1.54) is 10.6 Å². The van der Waals surface area contributed by atoms with Crippen LogP contribution in [0.3, 0.4) is 0 Å². The Kier molecular flexibility index (Phi) is 6.62. The third-order valence-corrected chi connectivity index (χ3v) is 6.77. The summed E-state index contributed by atoms with van der Waals surface area (Å²) < 4.78 is 31.9. The molecule has 1 amide bonds. The minimum absolute atomic E-state index is 0.0501. The number of amides is 1. The van der Waals surface area contributed by atoms with E-state index in [9.17, 15) is 13.2 Å². The summed E-state index contributed by atoms with van der Waals surface area (Å²) in [6.07, 6.45) is 6.02. The number of ether oxygens (including phenoxy) is 1. The molecule has 1 aliphatic carbocycles. The molecule has 1 aromatic carbocycles. The largest absolute Gasteiger partial charge is 0.377 e. The SMILES string of the molecule is CN(C)c1ccc(NC(=O)C2CCC2)cc1CN(CC1CCCO1)S(C)(=O)=O. The van der Waals surface area contributed by atoms with Gasteiger partial charge in [-0.3, -0.25) is 4.79 Å². The molecule has 1 atom stereocenters. The summed E-state index contributed by atoms with van der Waals surface area (Å²) in [7, 11) is 0.464. The fraction of sp³-hybridized carbons (Fsp3) is 0.650. The molecule has 2 aliphatic rings. The van der Waals surface area contributed by atoms with Gasteiger partial charge >= 0.3 is 0 Å². The first-order chi connectivity index (χ1) is 13.2. The first kappa shape index (κ1) is 21.1. The van der Waals surface area contributed by atoms with E-state index in [2.05, 4.69) is 5.32 Å². The lowest BCUT2D eigenvalue weighted by molar-refractivity contribution is -0.122. The predicted octanol–water partition coefficient (Wildman–Crippen LogP) is 2.43. The van der Waals surface area contributed by atoms with Crippen LogP contribution in [0.1, 0.15) is 37.7 Å². The summed E-state index contributed by atoms with van der Waals surface area (Å²) in [5.74, 6) is 0.151. The van der Waals surface area contributed by atoms with Crippen molar-refractivity contribution in [1.82, 2.24) is 4.31 Å². The fourth-order valence-electron chi connectivity index (χ4n) is 3.66. The molecule has 7 nitrogen and oxygen atoms in total. The van der Waals surface area contributed by atoms with E-state index in [1.807, 2.05) is 37.2 Å². The third kappa shape index (κ3) is 5.24. The number of benzene rings is 1. The smallest absolute Gasteiger partial charge is 0.227 e. The summed E-state index contributed by atoms with van der Waals surface area (Å²) in [4.78, 5) is 14.2. The lowest BCUT2D eigenvalue weighted by atomic mass is 9.85. The van der Waals surface area contributed by atoms with Crippen LogP contribution in [0, 0.1) is 5.92 Å². The number of carbonyl (C=O) groups is 1. The number of carbonyl (C=O) groups excluding carboxylic acids is 1. The lowest BCUT2D eigenvalue weighted by Gasteiger charge is -2.27. The number of hydrogen-bond donors (Lipinski definition) is 1. The van der Waals surface area contributed by atoms with Crippen LogP contribution in [0.15, 0.2) is 18.2 Å². The quantitative estimate of drug-likeness (QED) is 0.713. The zero-order chi connectivity index (χ0) is 20.3. The summed E-state index contributed by atoms with van der Waals surface area (Å²) >= 11 is 0. The molecule has 0 radical (unpaired) electrons. The number of anilines is 2. The molecule has 2 fully saturated rings. The van der Waals surface area contributed by atoms with Crippen LogP contribution in [-0.4, -0.2) is 58.2 Å². The molecule has 0 aromatic heterocycles. The minimum Gasteiger partial charge on any atom is -0.377 e. The molecule has 28 heavy (non-hydrogen) atoms. The zero-order valence-corrected chi connectivity index (χ0v) is 17.8. The van der Waals surface area contributed by atoms with Gasteiger partial charge in [-0.1, -0.05) is 6.42 Å². The average molecular weight is 410 g/mol. The van der Waals surface area contributed by atoms with Crippen molar-refractivity contribution in [3.05, 3.63) is 23.8 Å². The lowest BCUT2D eigenvalue weighted by Crippen LogP contribution is -2.36. The molecule has 3 rings (SSSR count). The molecule has 1 unspecified atom stereocenters. The summed E-state index contributed by atoms with van der Waals surface area (Å²) in [6.45, 7) is 1.29. The molecule has 156 valence electrons. The van der Waals surface area contributed by atoms with E-state index in [0.717, 1.165) is 43.4 Å². The highest BCUT2D eigenvalue weighted by molar-refractivity contribution is 7.88. The Morgan fingerprint density at radius 2 is 1.96 bits per heavy atom. The van der Waals surface area contributed by atoms with E-state index in [4.69, 9.17) is 4.74 Å². The molecular formula is C20H31N3O4S. The molecule has 1 saturated carbocycles. The molecule has 0 bridgehead atoms. The number of sulfonamides is 1. The van der Waals surface area contributed by atoms with E-state index in [-0.39, 0.29) is 24.5 Å². The number of nitrogens with zero attached hydrogens (tertiary/aromatic N) is 2. The monoisotopic (exact) mass is 409 g/mol. The van der Waals surface area contributed by atoms with Crippen LogP contribution in [0.25, 0.3) is 0 Å². The van der Waals surface area contributed by atoms with Gasteiger partial charge in [0.2, 0.25) is 15.9 Å². The molecule has 0 spiro atoms. The van der Waals surface area contributed by atoms with E-state index in [1.54, 1.807) is 0 Å². The highest BCUT2D eigenvalue weighted by Crippen LogP contribution is 2.30. The normalized spacial score (nSPS) is 20.2. The van der Waals surface area contributed by atoms with Crippen molar-refractivity contribution in [3.8, 4) is 0 Å². The summed E-state index contributed by atoms with van der Waals surface area (Å²) in [6, 6.07) is 5.69. The van der Waals surface area contributed by atoms with Crippen molar-refractivity contribution in [3.63, 3.8) is 0 Å². The highest BCUT2D eigenvalue weighted by Gasteiger charge is 2.27. The third-order valence-electron chi connectivity index (χ3n) is 5.55. The van der Waals surface area contributed by atoms with Crippen molar-refractivity contribution in [2.24, 2.45) is 5.92 Å². The van der Waals surface area contributed by atoms with Gasteiger partial charge in [0, 0.05) is 51.1 Å². The fourth-order valence-corrected chi connectivity index (χ4v) is 4.47. The Balaban J connectivity index is 1.81. The van der Waals surface area contributed by atoms with Gasteiger partial charge in [-0.05, 0) is 49.4 Å².